The second-order valence-electron chi connectivity index (χ2n) is 5.85. The number of anilines is 1. The van der Waals surface area contributed by atoms with Crippen LogP contribution < -0.4 is 5.32 Å². The summed E-state index contributed by atoms with van der Waals surface area (Å²) < 4.78 is 26.5. The lowest BCUT2D eigenvalue weighted by Crippen LogP contribution is -2.42. The summed E-state index contributed by atoms with van der Waals surface area (Å²) in [5.74, 6) is 0. The van der Waals surface area contributed by atoms with Crippen molar-refractivity contribution in [1.29, 1.82) is 0 Å². The third kappa shape index (κ3) is 3.53. The fourth-order valence-electron chi connectivity index (χ4n) is 1.70. The molecule has 1 atom stereocenters. The molecule has 0 saturated heterocycles. The molecule has 0 spiro atoms. The van der Waals surface area contributed by atoms with Crippen LogP contribution in [0, 0.1) is 15.5 Å². The molecule has 0 amide bonds. The molecule has 1 rings (SSSR count). The third-order valence-corrected chi connectivity index (χ3v) is 7.06. The van der Waals surface area contributed by atoms with Crippen molar-refractivity contribution in [2.24, 2.45) is 5.41 Å². The Morgan fingerprint density at radius 3 is 2.29 bits per heavy atom. The maximum Gasteiger partial charge on any atom is 0.304 e. The Labute approximate surface area is 129 Å². The van der Waals surface area contributed by atoms with Gasteiger partial charge in [-0.2, -0.15) is 4.31 Å². The van der Waals surface area contributed by atoms with E-state index in [0.29, 0.717) is 0 Å². The van der Waals surface area contributed by atoms with Crippen LogP contribution in [0.3, 0.4) is 0 Å². The van der Waals surface area contributed by atoms with Crippen molar-refractivity contribution in [2.45, 2.75) is 37.9 Å². The summed E-state index contributed by atoms with van der Waals surface area (Å²) in [7, 11) is -0.739. The van der Waals surface area contributed by atoms with Crippen LogP contribution >= 0.6 is 11.3 Å². The zero-order valence-corrected chi connectivity index (χ0v) is 14.6. The van der Waals surface area contributed by atoms with Crippen LogP contribution in [0.2, 0.25) is 0 Å². The predicted molar refractivity (Wildman–Crippen MR) is 84.4 cm³/mol. The first kappa shape index (κ1) is 17.9. The molecule has 0 aliphatic rings. The summed E-state index contributed by atoms with van der Waals surface area (Å²) in [6.45, 7) is 7.65. The fourth-order valence-corrected chi connectivity index (χ4v) is 4.71. The van der Waals surface area contributed by atoms with Gasteiger partial charge in [-0.25, -0.2) is 8.42 Å². The number of hydrogen-bond donors (Lipinski definition) is 1. The van der Waals surface area contributed by atoms with Gasteiger partial charge in [0.15, 0.2) is 5.00 Å². The molecule has 0 radical (unpaired) electrons. The zero-order chi connectivity index (χ0) is 16.6. The third-order valence-electron chi connectivity index (χ3n) is 3.55. The van der Waals surface area contributed by atoms with Gasteiger partial charge < -0.3 is 5.32 Å². The van der Waals surface area contributed by atoms with Gasteiger partial charge in [0.25, 0.3) is 10.0 Å². The highest BCUT2D eigenvalue weighted by atomic mass is 32.2. The molecule has 1 heterocycles. The lowest BCUT2D eigenvalue weighted by atomic mass is 9.88. The van der Waals surface area contributed by atoms with E-state index in [0.717, 1.165) is 17.4 Å². The Kier molecular flexibility index (Phi) is 5.01. The number of thiophene rings is 1. The maximum atomic E-state index is 12.6. The zero-order valence-electron chi connectivity index (χ0n) is 13.0. The molecule has 0 saturated carbocycles. The number of nitrogens with zero attached hydrogens (tertiary/aromatic N) is 2. The van der Waals surface area contributed by atoms with Crippen molar-refractivity contribution in [3.8, 4) is 0 Å². The van der Waals surface area contributed by atoms with Gasteiger partial charge in [0.2, 0.25) is 0 Å². The molecular weight excluding hydrogens is 314 g/mol. The largest absolute Gasteiger partial charge is 0.374 e. The molecule has 1 N–H and O–H groups in total. The van der Waals surface area contributed by atoms with Crippen molar-refractivity contribution in [1.82, 2.24) is 4.31 Å². The molecule has 120 valence electrons. The highest BCUT2D eigenvalue weighted by Gasteiger charge is 2.35. The number of nitro groups is 1. The first-order valence-electron chi connectivity index (χ1n) is 6.37. The van der Waals surface area contributed by atoms with Crippen molar-refractivity contribution < 1.29 is 13.3 Å². The molecule has 0 aromatic carbocycles. The molecule has 21 heavy (non-hydrogen) atoms. The van der Waals surface area contributed by atoms with Gasteiger partial charge in [-0.3, -0.25) is 10.1 Å². The monoisotopic (exact) mass is 335 g/mol. The number of sulfonamides is 1. The molecule has 0 aliphatic carbocycles. The molecular formula is C12H21N3O4S2. The highest BCUT2D eigenvalue weighted by Crippen LogP contribution is 2.39. The quantitative estimate of drug-likeness (QED) is 0.660. The van der Waals surface area contributed by atoms with E-state index in [-0.39, 0.29) is 26.4 Å². The van der Waals surface area contributed by atoms with Crippen molar-refractivity contribution in [3.05, 3.63) is 16.2 Å². The number of nitrogens with one attached hydrogen (secondary N) is 1. The summed E-state index contributed by atoms with van der Waals surface area (Å²) in [6.07, 6.45) is 0. The maximum absolute atomic E-state index is 12.6. The Morgan fingerprint density at radius 1 is 1.43 bits per heavy atom. The molecule has 1 aromatic rings. The van der Waals surface area contributed by atoms with Crippen LogP contribution in [0.15, 0.2) is 10.3 Å². The smallest absolute Gasteiger partial charge is 0.304 e. The average molecular weight is 335 g/mol. The summed E-state index contributed by atoms with van der Waals surface area (Å²) >= 11 is 0.869. The van der Waals surface area contributed by atoms with E-state index in [9.17, 15) is 18.5 Å². The SMILES string of the molecule is CNc1sc(S(=O)(=O)N(C)C(C)C(C)(C)C)cc1[N+](=O)[O-]. The minimum Gasteiger partial charge on any atom is -0.374 e. The standard InChI is InChI=1S/C12H21N3O4S2/c1-8(12(2,3)4)14(6)21(18,19)10-7-9(15(16)17)11(13-5)20-10/h7-8,13H,1-6H3. The molecule has 1 aromatic heterocycles. The molecule has 0 aliphatic heterocycles. The Bertz CT molecular complexity index is 631. The molecule has 0 fully saturated rings. The van der Waals surface area contributed by atoms with Gasteiger partial charge in [-0.15, -0.1) is 0 Å². The molecule has 1 unspecified atom stereocenters. The van der Waals surface area contributed by atoms with Crippen LogP contribution in [0.4, 0.5) is 10.7 Å². The van der Waals surface area contributed by atoms with E-state index >= 15 is 0 Å². The van der Waals surface area contributed by atoms with E-state index < -0.39 is 14.9 Å². The van der Waals surface area contributed by atoms with Crippen molar-refractivity contribution >= 4 is 32.0 Å². The van der Waals surface area contributed by atoms with Crippen LogP contribution in [0.5, 0.6) is 0 Å². The summed E-state index contributed by atoms with van der Waals surface area (Å²) in [4.78, 5) is 10.4. The van der Waals surface area contributed by atoms with Gasteiger partial charge >= 0.3 is 5.69 Å². The second-order valence-corrected chi connectivity index (χ2v) is 9.13. The van der Waals surface area contributed by atoms with Crippen LogP contribution in [0.1, 0.15) is 27.7 Å². The lowest BCUT2D eigenvalue weighted by molar-refractivity contribution is -0.383. The topological polar surface area (TPSA) is 92.6 Å². The van der Waals surface area contributed by atoms with Crippen LogP contribution in [-0.2, 0) is 10.0 Å². The van der Waals surface area contributed by atoms with Crippen molar-refractivity contribution in [2.75, 3.05) is 19.4 Å². The summed E-state index contributed by atoms with van der Waals surface area (Å²) in [5.41, 5.74) is -0.463. The van der Waals surface area contributed by atoms with Gasteiger partial charge in [0, 0.05) is 26.2 Å². The van der Waals surface area contributed by atoms with Crippen molar-refractivity contribution in [3.63, 3.8) is 0 Å². The Balaban J connectivity index is 3.29. The first-order valence-corrected chi connectivity index (χ1v) is 8.62. The van der Waals surface area contributed by atoms with Crippen LogP contribution in [-0.4, -0.2) is 37.8 Å². The first-order chi connectivity index (χ1) is 9.42. The normalized spacial score (nSPS) is 14.2. The molecule has 0 bridgehead atoms. The van der Waals surface area contributed by atoms with Gasteiger partial charge in [-0.05, 0) is 12.3 Å². The van der Waals surface area contributed by atoms with Gasteiger partial charge in [-0.1, -0.05) is 32.1 Å². The van der Waals surface area contributed by atoms with Gasteiger partial charge in [0.1, 0.15) is 4.21 Å². The molecule has 9 heteroatoms. The number of rotatable bonds is 5. The Morgan fingerprint density at radius 2 is 1.95 bits per heavy atom. The van der Waals surface area contributed by atoms with E-state index in [1.54, 1.807) is 0 Å². The fraction of sp³-hybridized carbons (Fsp3) is 0.667. The minimum atomic E-state index is -3.76. The van der Waals surface area contributed by atoms with E-state index in [1.807, 2.05) is 27.7 Å². The van der Waals surface area contributed by atoms with Gasteiger partial charge in [0.05, 0.1) is 4.92 Å². The van der Waals surface area contributed by atoms with E-state index in [1.165, 1.54) is 18.4 Å². The number of hydrogen-bond acceptors (Lipinski definition) is 6. The summed E-state index contributed by atoms with van der Waals surface area (Å²) in [6, 6.07) is 0.860. The van der Waals surface area contributed by atoms with E-state index in [2.05, 4.69) is 5.32 Å². The lowest BCUT2D eigenvalue weighted by Gasteiger charge is -2.34. The summed E-state index contributed by atoms with van der Waals surface area (Å²) in [5, 5.41) is 13.8. The second kappa shape index (κ2) is 5.90. The molecule has 7 nitrogen and oxygen atoms in total. The van der Waals surface area contributed by atoms with E-state index in [4.69, 9.17) is 0 Å². The minimum absolute atomic E-state index is 0.0304. The average Bonchev–Trinajstić information content (AvgIpc) is 2.80. The Hall–Kier alpha value is -1.19. The van der Waals surface area contributed by atoms with Crippen LogP contribution in [0.25, 0.3) is 0 Å². The predicted octanol–water partition coefficient (Wildman–Crippen LogP) is 2.75. The highest BCUT2D eigenvalue weighted by molar-refractivity contribution is 7.91.